The number of nitrogens with one attached hydrogen (secondary N) is 3. The van der Waals surface area contributed by atoms with E-state index in [9.17, 15) is 22.8 Å². The summed E-state index contributed by atoms with van der Waals surface area (Å²) in [6, 6.07) is 11.4. The van der Waals surface area contributed by atoms with Gasteiger partial charge in [0.05, 0.1) is 16.8 Å². The largest absolute Gasteiger partial charge is 0.435 e. The molecule has 0 aliphatic carbocycles. The van der Waals surface area contributed by atoms with Gasteiger partial charge in [-0.3, -0.25) is 9.59 Å². The fourth-order valence-electron chi connectivity index (χ4n) is 3.05. The number of halogens is 3. The van der Waals surface area contributed by atoms with Gasteiger partial charge in [-0.05, 0) is 38.4 Å². The van der Waals surface area contributed by atoms with Crippen LogP contribution in [-0.2, 0) is 6.18 Å². The molecule has 0 aliphatic rings. The predicted molar refractivity (Wildman–Crippen MR) is 125 cm³/mol. The number of carbonyl (C=O) groups is 2. The SMILES string of the molecule is CN(C)CCNc1ccc(C(=O)NCCNC(=O)c2cn(-c3ccccc3)nc2C(F)(F)F)cn1. The van der Waals surface area contributed by atoms with Gasteiger partial charge < -0.3 is 20.9 Å². The summed E-state index contributed by atoms with van der Waals surface area (Å²) < 4.78 is 41.3. The minimum Gasteiger partial charge on any atom is -0.369 e. The molecule has 186 valence electrons. The molecule has 0 bridgehead atoms. The second kappa shape index (κ2) is 11.5. The quantitative estimate of drug-likeness (QED) is 0.378. The van der Waals surface area contributed by atoms with Crippen molar-refractivity contribution in [3.63, 3.8) is 0 Å². The lowest BCUT2D eigenvalue weighted by molar-refractivity contribution is -0.141. The molecule has 0 aliphatic heterocycles. The molecule has 0 saturated carbocycles. The van der Waals surface area contributed by atoms with E-state index in [2.05, 4.69) is 26.0 Å². The molecule has 2 amide bonds. The highest BCUT2D eigenvalue weighted by Crippen LogP contribution is 2.31. The number of aromatic nitrogens is 3. The van der Waals surface area contributed by atoms with Crippen LogP contribution in [0.3, 0.4) is 0 Å². The Kier molecular flexibility index (Phi) is 8.42. The maximum atomic E-state index is 13.4. The summed E-state index contributed by atoms with van der Waals surface area (Å²) in [5.74, 6) is -0.727. The van der Waals surface area contributed by atoms with Crippen LogP contribution in [0.4, 0.5) is 19.0 Å². The van der Waals surface area contributed by atoms with Crippen molar-refractivity contribution in [3.8, 4) is 5.69 Å². The van der Waals surface area contributed by atoms with E-state index in [1.165, 1.54) is 6.20 Å². The standard InChI is InChI=1S/C23H26F3N7O2/c1-32(2)13-12-27-19-9-8-16(14-30-19)21(34)28-10-11-29-22(35)18-15-33(17-6-4-3-5-7-17)31-20(18)23(24,25)26/h3-9,14-15H,10-13H2,1-2H3,(H,27,30)(H,28,34)(H,29,35). The second-order valence-corrected chi connectivity index (χ2v) is 7.84. The summed E-state index contributed by atoms with van der Waals surface area (Å²) in [6.07, 6.45) is -2.35. The predicted octanol–water partition coefficient (Wildman–Crippen LogP) is 2.42. The third-order valence-electron chi connectivity index (χ3n) is 4.84. The van der Waals surface area contributed by atoms with Crippen molar-refractivity contribution < 1.29 is 22.8 Å². The van der Waals surface area contributed by atoms with E-state index in [1.807, 2.05) is 19.0 Å². The van der Waals surface area contributed by atoms with Gasteiger partial charge in [-0.25, -0.2) is 9.67 Å². The first-order valence-electron chi connectivity index (χ1n) is 10.8. The molecule has 1 aromatic carbocycles. The van der Waals surface area contributed by atoms with E-state index >= 15 is 0 Å². The number of carbonyl (C=O) groups excluding carboxylic acids is 2. The summed E-state index contributed by atoms with van der Waals surface area (Å²) in [5.41, 5.74) is -1.18. The molecular weight excluding hydrogens is 463 g/mol. The molecule has 2 aromatic heterocycles. The minimum atomic E-state index is -4.80. The Bertz CT molecular complexity index is 1130. The van der Waals surface area contributed by atoms with E-state index in [0.717, 1.165) is 17.4 Å². The van der Waals surface area contributed by atoms with E-state index < -0.39 is 29.2 Å². The number of nitrogens with zero attached hydrogens (tertiary/aromatic N) is 4. The Balaban J connectivity index is 1.53. The number of para-hydroxylation sites is 1. The van der Waals surface area contributed by atoms with E-state index in [4.69, 9.17) is 0 Å². The summed E-state index contributed by atoms with van der Waals surface area (Å²) in [4.78, 5) is 30.9. The van der Waals surface area contributed by atoms with Crippen molar-refractivity contribution in [1.82, 2.24) is 30.3 Å². The van der Waals surface area contributed by atoms with E-state index in [1.54, 1.807) is 42.5 Å². The molecule has 2 heterocycles. The van der Waals surface area contributed by atoms with Gasteiger partial charge in [0.2, 0.25) is 0 Å². The van der Waals surface area contributed by atoms with Gasteiger partial charge in [0, 0.05) is 38.6 Å². The topological polar surface area (TPSA) is 104 Å². The van der Waals surface area contributed by atoms with E-state index in [0.29, 0.717) is 23.6 Å². The Labute approximate surface area is 200 Å². The van der Waals surface area contributed by atoms with Crippen molar-refractivity contribution in [2.24, 2.45) is 0 Å². The number of pyridine rings is 1. The first kappa shape index (κ1) is 25.7. The maximum absolute atomic E-state index is 13.4. The highest BCUT2D eigenvalue weighted by atomic mass is 19.4. The number of rotatable bonds is 10. The van der Waals surface area contributed by atoms with Crippen LogP contribution in [0.1, 0.15) is 26.4 Å². The van der Waals surface area contributed by atoms with Crippen LogP contribution in [0.2, 0.25) is 0 Å². The van der Waals surface area contributed by atoms with Crippen LogP contribution < -0.4 is 16.0 Å². The number of anilines is 1. The third-order valence-corrected chi connectivity index (χ3v) is 4.84. The van der Waals surface area contributed by atoms with Crippen LogP contribution in [-0.4, -0.2) is 71.8 Å². The Hall–Kier alpha value is -3.93. The Morgan fingerprint density at radius 3 is 2.26 bits per heavy atom. The highest BCUT2D eigenvalue weighted by Gasteiger charge is 2.39. The Morgan fingerprint density at radius 2 is 1.66 bits per heavy atom. The average molecular weight is 490 g/mol. The lowest BCUT2D eigenvalue weighted by Gasteiger charge is -2.11. The molecule has 3 rings (SSSR count). The van der Waals surface area contributed by atoms with Crippen LogP contribution in [0.5, 0.6) is 0 Å². The fraction of sp³-hybridized carbons (Fsp3) is 0.304. The minimum absolute atomic E-state index is 0.0155. The third kappa shape index (κ3) is 7.27. The summed E-state index contributed by atoms with van der Waals surface area (Å²) in [7, 11) is 3.91. The summed E-state index contributed by atoms with van der Waals surface area (Å²) >= 11 is 0. The van der Waals surface area contributed by atoms with E-state index in [-0.39, 0.29) is 13.1 Å². The molecule has 0 unspecified atom stereocenters. The molecule has 0 spiro atoms. The molecule has 35 heavy (non-hydrogen) atoms. The molecule has 3 aromatic rings. The molecule has 0 saturated heterocycles. The van der Waals surface area contributed by atoms with Gasteiger partial charge >= 0.3 is 6.18 Å². The first-order chi connectivity index (χ1) is 16.6. The van der Waals surface area contributed by atoms with Gasteiger partial charge in [0.25, 0.3) is 11.8 Å². The zero-order chi connectivity index (χ0) is 25.4. The fourth-order valence-corrected chi connectivity index (χ4v) is 3.05. The van der Waals surface area contributed by atoms with Crippen molar-refractivity contribution in [3.05, 3.63) is 71.7 Å². The molecular formula is C23H26F3N7O2. The highest BCUT2D eigenvalue weighted by molar-refractivity contribution is 5.96. The molecule has 0 atom stereocenters. The van der Waals surface area contributed by atoms with Crippen molar-refractivity contribution >= 4 is 17.6 Å². The normalized spacial score (nSPS) is 11.4. The van der Waals surface area contributed by atoms with Crippen LogP contribution in [0, 0.1) is 0 Å². The number of benzene rings is 1. The Morgan fingerprint density at radius 1 is 0.971 bits per heavy atom. The summed E-state index contributed by atoms with van der Waals surface area (Å²) in [5, 5.41) is 11.7. The van der Waals surface area contributed by atoms with Gasteiger partial charge in [0.1, 0.15) is 5.82 Å². The lowest BCUT2D eigenvalue weighted by atomic mass is 10.2. The number of likely N-dealkylation sites (N-methyl/N-ethyl adjacent to an activating group) is 1. The smallest absolute Gasteiger partial charge is 0.369 e. The molecule has 0 radical (unpaired) electrons. The molecule has 12 heteroatoms. The summed E-state index contributed by atoms with van der Waals surface area (Å²) in [6.45, 7) is 1.47. The number of hydrogen-bond acceptors (Lipinski definition) is 6. The monoisotopic (exact) mass is 489 g/mol. The van der Waals surface area contributed by atoms with Gasteiger partial charge in [-0.15, -0.1) is 0 Å². The molecule has 0 fully saturated rings. The average Bonchev–Trinajstić information content (AvgIpc) is 3.29. The number of amides is 2. The lowest BCUT2D eigenvalue weighted by Crippen LogP contribution is -2.35. The van der Waals surface area contributed by atoms with Crippen molar-refractivity contribution in [2.75, 3.05) is 45.6 Å². The zero-order valence-electron chi connectivity index (χ0n) is 19.3. The second-order valence-electron chi connectivity index (χ2n) is 7.84. The van der Waals surface area contributed by atoms with Gasteiger partial charge in [-0.1, -0.05) is 18.2 Å². The zero-order valence-corrected chi connectivity index (χ0v) is 19.3. The van der Waals surface area contributed by atoms with Gasteiger partial charge in [-0.2, -0.15) is 18.3 Å². The molecule has 9 nitrogen and oxygen atoms in total. The number of hydrogen-bond donors (Lipinski definition) is 3. The van der Waals surface area contributed by atoms with Crippen molar-refractivity contribution in [1.29, 1.82) is 0 Å². The van der Waals surface area contributed by atoms with Crippen LogP contribution in [0.15, 0.2) is 54.9 Å². The number of alkyl halides is 3. The van der Waals surface area contributed by atoms with Crippen LogP contribution in [0.25, 0.3) is 5.69 Å². The maximum Gasteiger partial charge on any atom is 0.435 e. The van der Waals surface area contributed by atoms with Crippen LogP contribution >= 0.6 is 0 Å². The van der Waals surface area contributed by atoms with Gasteiger partial charge in [0.15, 0.2) is 5.69 Å². The first-order valence-corrected chi connectivity index (χ1v) is 10.8. The molecule has 3 N–H and O–H groups in total. The van der Waals surface area contributed by atoms with Crippen molar-refractivity contribution in [2.45, 2.75) is 6.18 Å².